The quantitative estimate of drug-likeness (QED) is 0.886. The minimum Gasteiger partial charge on any atom is -0.369 e. The van der Waals surface area contributed by atoms with Crippen LogP contribution in [0.1, 0.15) is 41.4 Å². The molecule has 1 unspecified atom stereocenters. The van der Waals surface area contributed by atoms with Crippen LogP contribution in [0.15, 0.2) is 30.3 Å². The normalized spacial score (nSPS) is 12.4. The van der Waals surface area contributed by atoms with E-state index in [1.807, 2.05) is 44.2 Å². The second-order valence-electron chi connectivity index (χ2n) is 5.04. The molecule has 21 heavy (non-hydrogen) atoms. The fraction of sp³-hybridized carbons (Fsp3) is 0.412. The van der Waals surface area contributed by atoms with E-state index < -0.39 is 0 Å². The molecule has 1 N–H and O–H groups in total. The van der Waals surface area contributed by atoms with Crippen LogP contribution in [0.5, 0.6) is 0 Å². The van der Waals surface area contributed by atoms with Crippen molar-refractivity contribution in [3.05, 3.63) is 58.7 Å². The molecule has 1 aromatic heterocycles. The highest BCUT2D eigenvalue weighted by molar-refractivity contribution is 5.28. The van der Waals surface area contributed by atoms with E-state index in [-0.39, 0.29) is 6.10 Å². The number of ether oxygens (including phenoxy) is 1. The summed E-state index contributed by atoms with van der Waals surface area (Å²) in [6.07, 6.45) is -0.225. The molecule has 0 aliphatic carbocycles. The first-order chi connectivity index (χ1) is 10.2. The standard InChI is InChI=1S/C17H23N3O/c1-5-18-11-15-12(2)19-17(20-13(15)3)16(21-4)14-9-7-6-8-10-14/h6-10,16,18H,5,11H2,1-4H3. The summed E-state index contributed by atoms with van der Waals surface area (Å²) in [5, 5.41) is 3.33. The van der Waals surface area contributed by atoms with Gasteiger partial charge in [-0.3, -0.25) is 0 Å². The summed E-state index contributed by atoms with van der Waals surface area (Å²) in [6.45, 7) is 7.89. The average Bonchev–Trinajstić information content (AvgIpc) is 2.48. The number of aromatic nitrogens is 2. The molecule has 1 atom stereocenters. The third-order valence-electron chi connectivity index (χ3n) is 3.56. The predicted octanol–water partition coefficient (Wildman–Crippen LogP) is 2.94. The van der Waals surface area contributed by atoms with Crippen LogP contribution < -0.4 is 5.32 Å². The van der Waals surface area contributed by atoms with Crippen molar-refractivity contribution in [2.24, 2.45) is 0 Å². The van der Waals surface area contributed by atoms with Crippen molar-refractivity contribution in [2.75, 3.05) is 13.7 Å². The van der Waals surface area contributed by atoms with E-state index >= 15 is 0 Å². The summed E-state index contributed by atoms with van der Waals surface area (Å²) in [4.78, 5) is 9.32. The number of hydrogen-bond donors (Lipinski definition) is 1. The first-order valence-electron chi connectivity index (χ1n) is 7.29. The highest BCUT2D eigenvalue weighted by atomic mass is 16.5. The molecule has 0 radical (unpaired) electrons. The number of nitrogens with one attached hydrogen (secondary N) is 1. The van der Waals surface area contributed by atoms with Crippen molar-refractivity contribution in [2.45, 2.75) is 33.4 Å². The Morgan fingerprint density at radius 1 is 1.10 bits per heavy atom. The Morgan fingerprint density at radius 2 is 1.71 bits per heavy atom. The van der Waals surface area contributed by atoms with Gasteiger partial charge >= 0.3 is 0 Å². The van der Waals surface area contributed by atoms with Crippen LogP contribution in [0, 0.1) is 13.8 Å². The van der Waals surface area contributed by atoms with Crippen LogP contribution in [0.3, 0.4) is 0 Å². The van der Waals surface area contributed by atoms with Gasteiger partial charge in [-0.25, -0.2) is 9.97 Å². The van der Waals surface area contributed by atoms with Crippen molar-refractivity contribution in [3.8, 4) is 0 Å². The summed E-state index contributed by atoms with van der Waals surface area (Å²) < 4.78 is 5.61. The molecule has 1 aromatic carbocycles. The van der Waals surface area contributed by atoms with Crippen molar-refractivity contribution < 1.29 is 4.74 Å². The van der Waals surface area contributed by atoms with E-state index in [9.17, 15) is 0 Å². The van der Waals surface area contributed by atoms with Gasteiger partial charge in [0.25, 0.3) is 0 Å². The van der Waals surface area contributed by atoms with Gasteiger partial charge in [-0.15, -0.1) is 0 Å². The van der Waals surface area contributed by atoms with Crippen molar-refractivity contribution in [3.63, 3.8) is 0 Å². The Hall–Kier alpha value is -1.78. The summed E-state index contributed by atoms with van der Waals surface area (Å²) in [5.41, 5.74) is 4.26. The summed E-state index contributed by atoms with van der Waals surface area (Å²) >= 11 is 0. The monoisotopic (exact) mass is 285 g/mol. The zero-order valence-corrected chi connectivity index (χ0v) is 13.2. The smallest absolute Gasteiger partial charge is 0.162 e. The number of methoxy groups -OCH3 is 1. The lowest BCUT2D eigenvalue weighted by Crippen LogP contribution is -2.17. The molecular weight excluding hydrogens is 262 g/mol. The molecule has 4 heteroatoms. The van der Waals surface area contributed by atoms with Crippen LogP contribution >= 0.6 is 0 Å². The van der Waals surface area contributed by atoms with E-state index in [2.05, 4.69) is 22.2 Å². The molecule has 0 spiro atoms. The molecule has 2 rings (SSSR count). The molecule has 4 nitrogen and oxygen atoms in total. The van der Waals surface area contributed by atoms with Gasteiger partial charge in [-0.2, -0.15) is 0 Å². The highest BCUT2D eigenvalue weighted by Gasteiger charge is 2.18. The minimum atomic E-state index is -0.225. The SMILES string of the molecule is CCNCc1c(C)nc(C(OC)c2ccccc2)nc1C. The van der Waals surface area contributed by atoms with Crippen molar-refractivity contribution >= 4 is 0 Å². The molecule has 0 aliphatic heterocycles. The second kappa shape index (κ2) is 7.29. The maximum atomic E-state index is 5.61. The fourth-order valence-corrected chi connectivity index (χ4v) is 2.41. The van der Waals surface area contributed by atoms with Gasteiger partial charge in [0, 0.05) is 30.6 Å². The number of nitrogens with zero attached hydrogens (tertiary/aromatic N) is 2. The fourth-order valence-electron chi connectivity index (χ4n) is 2.41. The maximum absolute atomic E-state index is 5.61. The summed E-state index contributed by atoms with van der Waals surface area (Å²) in [7, 11) is 1.69. The minimum absolute atomic E-state index is 0.225. The lowest BCUT2D eigenvalue weighted by atomic mass is 10.1. The van der Waals surface area contributed by atoms with Gasteiger partial charge in [-0.05, 0) is 26.0 Å². The van der Waals surface area contributed by atoms with E-state index in [1.165, 1.54) is 5.56 Å². The number of benzene rings is 1. The van der Waals surface area contributed by atoms with Gasteiger partial charge in [-0.1, -0.05) is 37.3 Å². The van der Waals surface area contributed by atoms with E-state index in [1.54, 1.807) is 7.11 Å². The maximum Gasteiger partial charge on any atom is 0.162 e. The van der Waals surface area contributed by atoms with Crippen LogP contribution in [-0.4, -0.2) is 23.6 Å². The van der Waals surface area contributed by atoms with Gasteiger partial charge in [0.05, 0.1) is 0 Å². The summed E-state index contributed by atoms with van der Waals surface area (Å²) in [5.74, 6) is 0.721. The molecule has 0 bridgehead atoms. The molecule has 0 saturated heterocycles. The first-order valence-corrected chi connectivity index (χ1v) is 7.29. The van der Waals surface area contributed by atoms with Gasteiger partial charge < -0.3 is 10.1 Å². The summed E-state index contributed by atoms with van der Waals surface area (Å²) in [6, 6.07) is 10.1. The number of aryl methyl sites for hydroxylation is 2. The second-order valence-corrected chi connectivity index (χ2v) is 5.04. The van der Waals surface area contributed by atoms with E-state index in [0.717, 1.165) is 35.9 Å². The van der Waals surface area contributed by atoms with Gasteiger partial charge in [0.15, 0.2) is 5.82 Å². The van der Waals surface area contributed by atoms with Crippen LogP contribution in [0.25, 0.3) is 0 Å². The number of hydrogen-bond acceptors (Lipinski definition) is 4. The van der Waals surface area contributed by atoms with Crippen LogP contribution in [-0.2, 0) is 11.3 Å². The Morgan fingerprint density at radius 3 is 2.24 bits per heavy atom. The first kappa shape index (κ1) is 15.6. The Kier molecular flexibility index (Phi) is 5.42. The van der Waals surface area contributed by atoms with Crippen molar-refractivity contribution in [1.29, 1.82) is 0 Å². The molecule has 0 aliphatic rings. The zero-order chi connectivity index (χ0) is 15.2. The molecule has 112 valence electrons. The predicted molar refractivity (Wildman–Crippen MR) is 84.2 cm³/mol. The third kappa shape index (κ3) is 3.65. The topological polar surface area (TPSA) is 47.0 Å². The third-order valence-corrected chi connectivity index (χ3v) is 3.56. The van der Waals surface area contributed by atoms with Crippen LogP contribution in [0.4, 0.5) is 0 Å². The lowest BCUT2D eigenvalue weighted by Gasteiger charge is -2.17. The zero-order valence-electron chi connectivity index (χ0n) is 13.2. The average molecular weight is 285 g/mol. The van der Waals surface area contributed by atoms with Gasteiger partial charge in [0.1, 0.15) is 6.10 Å². The lowest BCUT2D eigenvalue weighted by molar-refractivity contribution is 0.128. The molecule has 0 saturated carbocycles. The molecule has 0 amide bonds. The van der Waals surface area contributed by atoms with E-state index in [0.29, 0.717) is 0 Å². The molecule has 0 fully saturated rings. The van der Waals surface area contributed by atoms with Gasteiger partial charge in [0.2, 0.25) is 0 Å². The molecule has 2 aromatic rings. The molecular formula is C17H23N3O. The largest absolute Gasteiger partial charge is 0.369 e. The molecule has 1 heterocycles. The van der Waals surface area contributed by atoms with Crippen molar-refractivity contribution in [1.82, 2.24) is 15.3 Å². The highest BCUT2D eigenvalue weighted by Crippen LogP contribution is 2.24. The Bertz CT molecular complexity index is 561. The van der Waals surface area contributed by atoms with Crippen LogP contribution in [0.2, 0.25) is 0 Å². The Labute approximate surface area is 126 Å². The Balaban J connectivity index is 2.35. The van der Waals surface area contributed by atoms with E-state index in [4.69, 9.17) is 4.74 Å². The number of rotatable bonds is 6.